The van der Waals surface area contributed by atoms with Crippen molar-refractivity contribution in [1.29, 1.82) is 0 Å². The third-order valence-corrected chi connectivity index (χ3v) is 14.8. The number of rotatable bonds is 8. The van der Waals surface area contributed by atoms with E-state index in [4.69, 9.17) is 0 Å². The zero-order chi connectivity index (χ0) is 39.8. The van der Waals surface area contributed by atoms with Gasteiger partial charge in [-0.1, -0.05) is 166 Å². The van der Waals surface area contributed by atoms with E-state index in [1.807, 2.05) is 11.3 Å². The van der Waals surface area contributed by atoms with Gasteiger partial charge in [-0.2, -0.15) is 0 Å². The van der Waals surface area contributed by atoms with Gasteiger partial charge in [-0.05, 0) is 141 Å². The second-order valence-electron chi connectivity index (χ2n) is 17.3. The summed E-state index contributed by atoms with van der Waals surface area (Å²) < 4.78 is 2.66. The molecule has 0 spiro atoms. The molecule has 0 atom stereocenters. The standard InChI is InChI=1S/C58H51NS/c1-4-15-40(16-5-1)41-27-31-47(32-28-41)59(48-33-29-45(30-34-48)52-26-14-22-43-21-10-11-23-50(43)52)49-35-36-54-56(39-49)60-57-38-46(37-55(58(54)57)44-19-8-3-9-20-44)53-25-13-12-24-51(53)42-17-6-2-7-18-42/h3,8-14,19-40,42H,1-2,4-7,15-18H2. The number of hydrogen-bond donors (Lipinski definition) is 0. The van der Waals surface area contributed by atoms with Crippen molar-refractivity contribution in [2.45, 2.75) is 76.0 Å². The van der Waals surface area contributed by atoms with Gasteiger partial charge in [0, 0.05) is 37.2 Å². The van der Waals surface area contributed by atoms with Crippen molar-refractivity contribution in [3.63, 3.8) is 0 Å². The lowest BCUT2D eigenvalue weighted by molar-refractivity contribution is 0.443. The molecule has 2 heteroatoms. The van der Waals surface area contributed by atoms with Gasteiger partial charge in [-0.3, -0.25) is 0 Å². The highest BCUT2D eigenvalue weighted by atomic mass is 32.1. The molecule has 11 rings (SSSR count). The Morgan fingerprint density at radius 2 is 1.00 bits per heavy atom. The number of hydrogen-bond acceptors (Lipinski definition) is 2. The van der Waals surface area contributed by atoms with E-state index in [1.54, 1.807) is 0 Å². The predicted molar refractivity (Wildman–Crippen MR) is 259 cm³/mol. The van der Waals surface area contributed by atoms with Crippen molar-refractivity contribution in [1.82, 2.24) is 0 Å². The highest BCUT2D eigenvalue weighted by Crippen LogP contribution is 2.47. The second kappa shape index (κ2) is 16.2. The first-order valence-corrected chi connectivity index (χ1v) is 23.2. The molecule has 1 aromatic heterocycles. The van der Waals surface area contributed by atoms with Gasteiger partial charge >= 0.3 is 0 Å². The summed E-state index contributed by atoms with van der Waals surface area (Å²) in [5.41, 5.74) is 14.4. The Kier molecular flexibility index (Phi) is 10.0. The van der Waals surface area contributed by atoms with Gasteiger partial charge in [0.1, 0.15) is 0 Å². The molecule has 8 aromatic carbocycles. The van der Waals surface area contributed by atoms with Crippen LogP contribution < -0.4 is 4.90 Å². The SMILES string of the molecule is c1ccc(-c2cc(-c3ccccc3C3CCCCC3)cc3sc4cc(N(c5ccc(-c6cccc7ccccc67)cc5)c5ccc(C6CCCCC6)cc5)ccc4c23)cc1. The number of thiophene rings is 1. The Morgan fingerprint density at radius 1 is 0.383 bits per heavy atom. The highest BCUT2D eigenvalue weighted by molar-refractivity contribution is 7.26. The summed E-state index contributed by atoms with van der Waals surface area (Å²) in [6, 6.07) is 66.5. The lowest BCUT2D eigenvalue weighted by Crippen LogP contribution is -2.10. The largest absolute Gasteiger partial charge is 0.310 e. The van der Waals surface area contributed by atoms with E-state index in [9.17, 15) is 0 Å². The molecular weight excluding hydrogens is 743 g/mol. The maximum absolute atomic E-state index is 2.49. The van der Waals surface area contributed by atoms with Crippen molar-refractivity contribution in [3.8, 4) is 33.4 Å². The molecule has 2 fully saturated rings. The maximum Gasteiger partial charge on any atom is 0.0476 e. The normalized spacial score (nSPS) is 15.2. The fraction of sp³-hybridized carbons (Fsp3) is 0.207. The first kappa shape index (κ1) is 37.1. The minimum absolute atomic E-state index is 0.639. The van der Waals surface area contributed by atoms with Crippen LogP contribution in [0.4, 0.5) is 17.1 Å². The monoisotopic (exact) mass is 793 g/mol. The molecule has 9 aromatic rings. The zero-order valence-corrected chi connectivity index (χ0v) is 35.1. The van der Waals surface area contributed by atoms with Crippen LogP contribution in [-0.2, 0) is 0 Å². The smallest absolute Gasteiger partial charge is 0.0476 e. The van der Waals surface area contributed by atoms with Gasteiger partial charge in [0.25, 0.3) is 0 Å². The van der Waals surface area contributed by atoms with E-state index in [1.165, 1.54) is 151 Å². The van der Waals surface area contributed by atoms with Crippen molar-refractivity contribution in [2.24, 2.45) is 0 Å². The number of anilines is 3. The topological polar surface area (TPSA) is 3.24 Å². The van der Waals surface area contributed by atoms with Crippen LogP contribution in [0.3, 0.4) is 0 Å². The number of fused-ring (bicyclic) bond motifs is 4. The van der Waals surface area contributed by atoms with E-state index in [0.29, 0.717) is 11.8 Å². The second-order valence-corrected chi connectivity index (χ2v) is 18.4. The molecule has 2 aliphatic carbocycles. The first-order valence-electron chi connectivity index (χ1n) is 22.4. The van der Waals surface area contributed by atoms with Crippen molar-refractivity contribution in [3.05, 3.63) is 187 Å². The molecule has 294 valence electrons. The summed E-state index contributed by atoms with van der Waals surface area (Å²) in [6.45, 7) is 0. The maximum atomic E-state index is 2.49. The summed E-state index contributed by atoms with van der Waals surface area (Å²) in [5.74, 6) is 1.31. The fourth-order valence-corrected chi connectivity index (χ4v) is 11.8. The van der Waals surface area contributed by atoms with Gasteiger partial charge in [-0.15, -0.1) is 11.3 Å². The first-order chi connectivity index (χ1) is 29.7. The van der Waals surface area contributed by atoms with E-state index in [-0.39, 0.29) is 0 Å². The zero-order valence-electron chi connectivity index (χ0n) is 34.3. The van der Waals surface area contributed by atoms with E-state index < -0.39 is 0 Å². The highest BCUT2D eigenvalue weighted by Gasteiger charge is 2.23. The Morgan fingerprint density at radius 3 is 1.78 bits per heavy atom. The third-order valence-electron chi connectivity index (χ3n) is 13.7. The van der Waals surface area contributed by atoms with Gasteiger partial charge in [0.05, 0.1) is 0 Å². The molecule has 2 aliphatic rings. The molecule has 0 saturated heterocycles. The molecule has 60 heavy (non-hydrogen) atoms. The molecule has 0 unspecified atom stereocenters. The molecule has 0 radical (unpaired) electrons. The molecule has 2 saturated carbocycles. The van der Waals surface area contributed by atoms with Crippen molar-refractivity contribution < 1.29 is 0 Å². The lowest BCUT2D eigenvalue weighted by atomic mass is 9.80. The molecule has 1 nitrogen and oxygen atoms in total. The van der Waals surface area contributed by atoms with Crippen LogP contribution in [0, 0.1) is 0 Å². The average molecular weight is 794 g/mol. The van der Waals surface area contributed by atoms with E-state index in [2.05, 4.69) is 181 Å². The fourth-order valence-electron chi connectivity index (χ4n) is 10.6. The molecule has 0 N–H and O–H groups in total. The van der Waals surface area contributed by atoms with Crippen LogP contribution in [0.25, 0.3) is 64.3 Å². The number of nitrogens with zero attached hydrogens (tertiary/aromatic N) is 1. The average Bonchev–Trinajstić information content (AvgIpc) is 3.70. The Balaban J connectivity index is 1.04. The Hall–Kier alpha value is -5.96. The Labute approximate surface area is 359 Å². The molecule has 0 amide bonds. The van der Waals surface area contributed by atoms with Crippen LogP contribution in [-0.4, -0.2) is 0 Å². The summed E-state index contributed by atoms with van der Waals surface area (Å²) in [6.07, 6.45) is 13.3. The quantitative estimate of drug-likeness (QED) is 0.148. The van der Waals surface area contributed by atoms with Crippen LogP contribution in [0.15, 0.2) is 176 Å². The van der Waals surface area contributed by atoms with E-state index in [0.717, 1.165) is 5.69 Å². The third kappa shape index (κ3) is 7.01. The summed E-state index contributed by atoms with van der Waals surface area (Å²) in [4.78, 5) is 2.46. The molecule has 0 bridgehead atoms. The van der Waals surface area contributed by atoms with Crippen LogP contribution >= 0.6 is 11.3 Å². The predicted octanol–water partition coefficient (Wildman–Crippen LogP) is 17.8. The van der Waals surface area contributed by atoms with Gasteiger partial charge in [0.15, 0.2) is 0 Å². The van der Waals surface area contributed by atoms with Crippen LogP contribution in [0.1, 0.15) is 87.2 Å². The summed E-state index contributed by atoms with van der Waals surface area (Å²) in [7, 11) is 0. The van der Waals surface area contributed by atoms with Crippen LogP contribution in [0.2, 0.25) is 0 Å². The summed E-state index contributed by atoms with van der Waals surface area (Å²) >= 11 is 1.94. The summed E-state index contributed by atoms with van der Waals surface area (Å²) in [5, 5.41) is 5.23. The van der Waals surface area contributed by atoms with Crippen molar-refractivity contribution >= 4 is 59.3 Å². The molecule has 0 aliphatic heterocycles. The minimum atomic E-state index is 0.639. The van der Waals surface area contributed by atoms with Gasteiger partial charge in [-0.25, -0.2) is 0 Å². The minimum Gasteiger partial charge on any atom is -0.310 e. The molecular formula is C58H51NS. The van der Waals surface area contributed by atoms with Crippen molar-refractivity contribution in [2.75, 3.05) is 4.90 Å². The van der Waals surface area contributed by atoms with Gasteiger partial charge < -0.3 is 4.90 Å². The Bertz CT molecular complexity index is 2920. The van der Waals surface area contributed by atoms with E-state index >= 15 is 0 Å². The number of benzene rings is 8. The van der Waals surface area contributed by atoms with Gasteiger partial charge in [0.2, 0.25) is 0 Å². The molecule has 1 heterocycles. The van der Waals surface area contributed by atoms with Crippen LogP contribution in [0.5, 0.6) is 0 Å². The lowest BCUT2D eigenvalue weighted by Gasteiger charge is -2.27.